The van der Waals surface area contributed by atoms with E-state index >= 15 is 0 Å². The lowest BCUT2D eigenvalue weighted by atomic mass is 9.95. The van der Waals surface area contributed by atoms with E-state index in [-0.39, 0.29) is 35.3 Å². The zero-order chi connectivity index (χ0) is 18.2. The number of nitrogens with one attached hydrogen (secondary N) is 1. The van der Waals surface area contributed by atoms with Crippen molar-refractivity contribution >= 4 is 28.3 Å². The molecule has 3 rings (SSSR count). The molecule has 1 atom stereocenters. The Morgan fingerprint density at radius 3 is 2.46 bits per heavy atom. The number of hydrogen-bond donors (Lipinski definition) is 1. The van der Waals surface area contributed by atoms with Gasteiger partial charge in [-0.15, -0.1) is 12.4 Å². The number of amides is 1. The number of sulfonamides is 1. The number of piperidine rings is 1. The zero-order valence-electron chi connectivity index (χ0n) is 15.5. The Kier molecular flexibility index (Phi) is 6.70. The van der Waals surface area contributed by atoms with Crippen LogP contribution in [0.25, 0.3) is 0 Å². The van der Waals surface area contributed by atoms with Crippen LogP contribution >= 0.6 is 12.4 Å². The molecular formula is C16H28ClN5O3S. The number of halogens is 1. The Balaban J connectivity index is 0.00000243. The van der Waals surface area contributed by atoms with Crippen molar-refractivity contribution in [2.45, 2.75) is 37.8 Å². The molecule has 0 unspecified atom stereocenters. The van der Waals surface area contributed by atoms with E-state index in [2.05, 4.69) is 10.3 Å². The molecule has 10 heteroatoms. The highest BCUT2D eigenvalue weighted by atomic mass is 35.5. The topological polar surface area (TPSA) is 87.5 Å². The maximum absolute atomic E-state index is 12.8. The average molecular weight is 406 g/mol. The first-order chi connectivity index (χ1) is 11.8. The standard InChI is InChI=1S/C16H27N5O3S.ClH/c1-12-10-17-6-9-21(12)16(22)14-4-7-20(8-5-14)25(23,24)15-11-19(3)13(2)18-15;/h11-12,14,17H,4-10H2,1-3H3;1H/t12-;/m1./s1. The first kappa shape index (κ1) is 21.1. The predicted octanol–water partition coefficient (Wildman–Crippen LogP) is 0.371. The number of aryl methyl sites for hydroxylation is 2. The minimum absolute atomic E-state index is 0. The second kappa shape index (κ2) is 8.24. The summed E-state index contributed by atoms with van der Waals surface area (Å²) in [5.74, 6) is 0.744. The van der Waals surface area contributed by atoms with E-state index in [1.807, 2.05) is 11.8 Å². The fraction of sp³-hybridized carbons (Fsp3) is 0.750. The van der Waals surface area contributed by atoms with Crippen LogP contribution in [0.5, 0.6) is 0 Å². The molecule has 3 heterocycles. The van der Waals surface area contributed by atoms with Crippen molar-refractivity contribution in [1.29, 1.82) is 0 Å². The Hall–Kier alpha value is -1.16. The van der Waals surface area contributed by atoms with E-state index in [4.69, 9.17) is 0 Å². The van der Waals surface area contributed by atoms with Crippen molar-refractivity contribution in [2.75, 3.05) is 32.7 Å². The Morgan fingerprint density at radius 1 is 1.27 bits per heavy atom. The number of piperazine rings is 1. The number of imidazole rings is 1. The maximum Gasteiger partial charge on any atom is 0.262 e. The summed E-state index contributed by atoms with van der Waals surface area (Å²) in [4.78, 5) is 18.8. The van der Waals surface area contributed by atoms with Crippen molar-refractivity contribution in [3.63, 3.8) is 0 Å². The van der Waals surface area contributed by atoms with Crippen LogP contribution in [0.15, 0.2) is 11.2 Å². The van der Waals surface area contributed by atoms with Gasteiger partial charge in [0.1, 0.15) is 5.82 Å². The molecule has 26 heavy (non-hydrogen) atoms. The molecule has 0 spiro atoms. The summed E-state index contributed by atoms with van der Waals surface area (Å²) >= 11 is 0. The quantitative estimate of drug-likeness (QED) is 0.785. The molecule has 1 amide bonds. The Labute approximate surface area is 161 Å². The van der Waals surface area contributed by atoms with Crippen LogP contribution in [0.2, 0.25) is 0 Å². The van der Waals surface area contributed by atoms with Crippen molar-refractivity contribution in [1.82, 2.24) is 24.1 Å². The van der Waals surface area contributed by atoms with Crippen molar-refractivity contribution in [3.8, 4) is 0 Å². The van der Waals surface area contributed by atoms with E-state index in [1.165, 1.54) is 4.31 Å². The fourth-order valence-corrected chi connectivity index (χ4v) is 5.02. The molecule has 2 saturated heterocycles. The van der Waals surface area contributed by atoms with Gasteiger partial charge in [0.15, 0.2) is 5.03 Å². The van der Waals surface area contributed by atoms with Gasteiger partial charge in [0.25, 0.3) is 10.0 Å². The van der Waals surface area contributed by atoms with E-state index in [0.717, 1.165) is 19.6 Å². The summed E-state index contributed by atoms with van der Waals surface area (Å²) in [6, 6.07) is 0.194. The first-order valence-electron chi connectivity index (χ1n) is 8.82. The van der Waals surface area contributed by atoms with Gasteiger partial charge in [0.05, 0.1) is 0 Å². The van der Waals surface area contributed by atoms with E-state index in [1.54, 1.807) is 24.7 Å². The molecule has 0 bridgehead atoms. The van der Waals surface area contributed by atoms with Gasteiger partial charge in [-0.3, -0.25) is 4.79 Å². The van der Waals surface area contributed by atoms with Crippen molar-refractivity contribution in [2.24, 2.45) is 13.0 Å². The van der Waals surface area contributed by atoms with Crippen molar-refractivity contribution in [3.05, 3.63) is 12.0 Å². The maximum atomic E-state index is 12.8. The lowest BCUT2D eigenvalue weighted by molar-refractivity contribution is -0.139. The summed E-state index contributed by atoms with van der Waals surface area (Å²) in [5.41, 5.74) is 0. The molecule has 0 saturated carbocycles. The second-order valence-electron chi connectivity index (χ2n) is 7.00. The molecule has 0 aliphatic carbocycles. The monoisotopic (exact) mass is 405 g/mol. The smallest absolute Gasteiger partial charge is 0.262 e. The SMILES string of the molecule is Cc1nc(S(=O)(=O)N2CCC(C(=O)N3CCNC[C@H]3C)CC2)cn1C.Cl. The van der Waals surface area contributed by atoms with Gasteiger partial charge in [-0.2, -0.15) is 4.31 Å². The lowest BCUT2D eigenvalue weighted by Crippen LogP contribution is -2.55. The van der Waals surface area contributed by atoms with E-state index < -0.39 is 10.0 Å². The molecule has 0 aromatic carbocycles. The molecule has 0 radical (unpaired) electrons. The normalized spacial score (nSPS) is 22.9. The Morgan fingerprint density at radius 2 is 1.92 bits per heavy atom. The Bertz CT molecular complexity index is 724. The summed E-state index contributed by atoms with van der Waals surface area (Å²) in [6.07, 6.45) is 2.69. The summed E-state index contributed by atoms with van der Waals surface area (Å²) in [5, 5.41) is 3.37. The summed E-state index contributed by atoms with van der Waals surface area (Å²) < 4.78 is 28.6. The van der Waals surface area contributed by atoms with Crippen LogP contribution in [0, 0.1) is 12.8 Å². The number of rotatable bonds is 3. The van der Waals surface area contributed by atoms with Crippen LogP contribution in [0.1, 0.15) is 25.6 Å². The lowest BCUT2D eigenvalue weighted by Gasteiger charge is -2.38. The van der Waals surface area contributed by atoms with Crippen molar-refractivity contribution < 1.29 is 13.2 Å². The molecule has 148 valence electrons. The fourth-order valence-electron chi connectivity index (χ4n) is 3.53. The molecule has 8 nitrogen and oxygen atoms in total. The molecule has 2 aliphatic rings. The van der Waals surface area contributed by atoms with Gasteiger partial charge < -0.3 is 14.8 Å². The zero-order valence-corrected chi connectivity index (χ0v) is 17.1. The third kappa shape index (κ3) is 4.05. The highest BCUT2D eigenvalue weighted by Gasteiger charge is 2.36. The number of carbonyl (C=O) groups excluding carboxylic acids is 1. The predicted molar refractivity (Wildman–Crippen MR) is 101 cm³/mol. The molecule has 1 N–H and O–H groups in total. The van der Waals surface area contributed by atoms with Crippen LogP contribution in [-0.2, 0) is 21.9 Å². The average Bonchev–Trinajstić information content (AvgIpc) is 2.95. The number of aromatic nitrogens is 2. The third-order valence-corrected chi connectivity index (χ3v) is 7.05. The summed E-state index contributed by atoms with van der Waals surface area (Å²) in [7, 11) is -1.80. The van der Waals surface area contributed by atoms with E-state index in [0.29, 0.717) is 31.8 Å². The molecule has 2 aliphatic heterocycles. The highest BCUT2D eigenvalue weighted by molar-refractivity contribution is 7.89. The van der Waals surface area contributed by atoms with Gasteiger partial charge >= 0.3 is 0 Å². The minimum atomic E-state index is -3.58. The van der Waals surface area contributed by atoms with Crippen LogP contribution < -0.4 is 5.32 Å². The van der Waals surface area contributed by atoms with Crippen LogP contribution in [-0.4, -0.2) is 71.8 Å². The van der Waals surface area contributed by atoms with Gasteiger partial charge in [-0.05, 0) is 26.7 Å². The number of carbonyl (C=O) groups is 1. The van der Waals surface area contributed by atoms with Gasteiger partial charge in [-0.1, -0.05) is 0 Å². The highest BCUT2D eigenvalue weighted by Crippen LogP contribution is 2.25. The first-order valence-corrected chi connectivity index (χ1v) is 10.3. The molecule has 1 aromatic heterocycles. The third-order valence-electron chi connectivity index (χ3n) is 5.28. The van der Waals surface area contributed by atoms with Crippen LogP contribution in [0.4, 0.5) is 0 Å². The number of hydrogen-bond acceptors (Lipinski definition) is 5. The number of nitrogens with zero attached hydrogens (tertiary/aromatic N) is 4. The molecular weight excluding hydrogens is 378 g/mol. The van der Waals surface area contributed by atoms with E-state index in [9.17, 15) is 13.2 Å². The van der Waals surface area contributed by atoms with Crippen LogP contribution in [0.3, 0.4) is 0 Å². The summed E-state index contributed by atoms with van der Waals surface area (Å²) in [6.45, 7) is 6.93. The minimum Gasteiger partial charge on any atom is -0.337 e. The second-order valence-corrected chi connectivity index (χ2v) is 8.89. The molecule has 2 fully saturated rings. The van der Waals surface area contributed by atoms with Gasteiger partial charge in [0, 0.05) is 57.9 Å². The van der Waals surface area contributed by atoms with Gasteiger partial charge in [0.2, 0.25) is 5.91 Å². The van der Waals surface area contributed by atoms with Gasteiger partial charge in [-0.25, -0.2) is 13.4 Å². The largest absolute Gasteiger partial charge is 0.337 e. The molecule has 1 aromatic rings.